The Bertz CT molecular complexity index is 484. The van der Waals surface area contributed by atoms with Gasteiger partial charge in [-0.1, -0.05) is 6.07 Å². The van der Waals surface area contributed by atoms with Gasteiger partial charge in [-0.3, -0.25) is 9.78 Å². The van der Waals surface area contributed by atoms with E-state index in [0.29, 0.717) is 18.1 Å². The van der Waals surface area contributed by atoms with Crippen molar-refractivity contribution in [3.63, 3.8) is 0 Å². The quantitative estimate of drug-likeness (QED) is 0.739. The van der Waals surface area contributed by atoms with E-state index in [9.17, 15) is 4.79 Å². The third-order valence-corrected chi connectivity index (χ3v) is 2.26. The van der Waals surface area contributed by atoms with Crippen LogP contribution >= 0.6 is 0 Å². The van der Waals surface area contributed by atoms with Crippen LogP contribution in [0.5, 0.6) is 0 Å². The van der Waals surface area contributed by atoms with Gasteiger partial charge in [-0.15, -0.1) is 0 Å². The molecule has 0 N–H and O–H groups in total. The topological polar surface area (TPSA) is 59.0 Å². The highest BCUT2D eigenvalue weighted by atomic mass is 16.1. The molecule has 5 nitrogen and oxygen atoms in total. The van der Waals surface area contributed by atoms with Gasteiger partial charge >= 0.3 is 0 Å². The van der Waals surface area contributed by atoms with Crippen LogP contribution in [0.4, 0.5) is 5.95 Å². The average Bonchev–Trinajstić information content (AvgIpc) is 2.40. The van der Waals surface area contributed by atoms with E-state index in [1.165, 1.54) is 12.4 Å². The molecule has 0 fully saturated rings. The van der Waals surface area contributed by atoms with Crippen LogP contribution < -0.4 is 4.90 Å². The Kier molecular flexibility index (Phi) is 3.40. The highest BCUT2D eigenvalue weighted by Crippen LogP contribution is 2.07. The predicted octanol–water partition coefficient (Wildman–Crippen LogP) is 1.32. The highest BCUT2D eigenvalue weighted by molar-refractivity contribution is 5.73. The van der Waals surface area contributed by atoms with Crippen LogP contribution in [0.3, 0.4) is 0 Å². The van der Waals surface area contributed by atoms with Crippen molar-refractivity contribution in [2.45, 2.75) is 6.54 Å². The number of carbonyl (C=O) groups is 1. The molecule has 0 aliphatic rings. The molecular formula is C12H12N4O. The van der Waals surface area contributed by atoms with Gasteiger partial charge in [0.25, 0.3) is 0 Å². The van der Waals surface area contributed by atoms with Crippen LogP contribution in [0, 0.1) is 0 Å². The first-order chi connectivity index (χ1) is 8.29. The summed E-state index contributed by atoms with van der Waals surface area (Å²) in [6.07, 6.45) is 5.48. The molecule has 0 amide bonds. The van der Waals surface area contributed by atoms with Gasteiger partial charge in [0.15, 0.2) is 6.29 Å². The molecule has 0 aliphatic carbocycles. The molecule has 0 aliphatic heterocycles. The van der Waals surface area contributed by atoms with Crippen LogP contribution in [-0.4, -0.2) is 28.3 Å². The van der Waals surface area contributed by atoms with Crippen LogP contribution in [0.25, 0.3) is 0 Å². The molecule has 0 aromatic carbocycles. The molecule has 0 bridgehead atoms. The Morgan fingerprint density at radius 1 is 1.24 bits per heavy atom. The van der Waals surface area contributed by atoms with Crippen molar-refractivity contribution in [2.24, 2.45) is 0 Å². The molecule has 17 heavy (non-hydrogen) atoms. The summed E-state index contributed by atoms with van der Waals surface area (Å²) in [7, 11) is 1.88. The fourth-order valence-electron chi connectivity index (χ4n) is 1.39. The number of aromatic nitrogens is 3. The SMILES string of the molecule is CN(Cc1ccccn1)c1ncc(C=O)cn1. The van der Waals surface area contributed by atoms with Crippen LogP contribution in [0.2, 0.25) is 0 Å². The van der Waals surface area contributed by atoms with Crippen molar-refractivity contribution in [3.8, 4) is 0 Å². The molecule has 0 unspecified atom stereocenters. The Morgan fingerprint density at radius 2 is 2.00 bits per heavy atom. The van der Waals surface area contributed by atoms with E-state index in [-0.39, 0.29) is 0 Å². The lowest BCUT2D eigenvalue weighted by atomic mass is 10.3. The number of aldehydes is 1. The third kappa shape index (κ3) is 2.84. The molecule has 2 rings (SSSR count). The van der Waals surface area contributed by atoms with Crippen molar-refractivity contribution >= 4 is 12.2 Å². The van der Waals surface area contributed by atoms with E-state index in [4.69, 9.17) is 0 Å². The maximum absolute atomic E-state index is 10.5. The standard InChI is InChI=1S/C12H12N4O/c1-16(8-11-4-2-3-5-13-11)12-14-6-10(9-17)7-15-12/h2-7,9H,8H2,1H3. The van der Waals surface area contributed by atoms with Crippen LogP contribution in [-0.2, 0) is 6.54 Å². The van der Waals surface area contributed by atoms with Gasteiger partial charge in [-0.2, -0.15) is 0 Å². The molecule has 0 radical (unpaired) electrons. The van der Waals surface area contributed by atoms with Gasteiger partial charge in [-0.25, -0.2) is 9.97 Å². The Hall–Kier alpha value is -2.30. The fraction of sp³-hybridized carbons (Fsp3) is 0.167. The molecule has 86 valence electrons. The summed E-state index contributed by atoms with van der Waals surface area (Å²) in [6, 6.07) is 5.75. The molecule has 5 heteroatoms. The van der Waals surface area contributed by atoms with Crippen LogP contribution in [0.15, 0.2) is 36.8 Å². The minimum absolute atomic E-state index is 0.472. The van der Waals surface area contributed by atoms with Gasteiger partial charge in [0.05, 0.1) is 17.8 Å². The minimum atomic E-state index is 0.472. The first-order valence-electron chi connectivity index (χ1n) is 5.18. The first-order valence-corrected chi connectivity index (χ1v) is 5.18. The summed E-state index contributed by atoms with van der Waals surface area (Å²) in [4.78, 5) is 24.8. The number of hydrogen-bond acceptors (Lipinski definition) is 5. The zero-order chi connectivity index (χ0) is 12.1. The Balaban J connectivity index is 2.09. The molecule has 0 atom stereocenters. The average molecular weight is 228 g/mol. The van der Waals surface area contributed by atoms with Crippen molar-refractivity contribution in [1.82, 2.24) is 15.0 Å². The molecule has 0 spiro atoms. The van der Waals surface area contributed by atoms with Gasteiger partial charge in [0, 0.05) is 25.6 Å². The predicted molar refractivity (Wildman–Crippen MR) is 63.8 cm³/mol. The molecule has 0 saturated heterocycles. The van der Waals surface area contributed by atoms with Crippen molar-refractivity contribution in [3.05, 3.63) is 48.0 Å². The number of hydrogen-bond donors (Lipinski definition) is 0. The summed E-state index contributed by atoms with van der Waals surface area (Å²) in [6.45, 7) is 0.626. The maximum Gasteiger partial charge on any atom is 0.225 e. The number of carbonyl (C=O) groups excluding carboxylic acids is 1. The fourth-order valence-corrected chi connectivity index (χ4v) is 1.39. The van der Waals surface area contributed by atoms with E-state index < -0.39 is 0 Å². The molecule has 2 heterocycles. The third-order valence-electron chi connectivity index (χ3n) is 2.26. The van der Waals surface area contributed by atoms with Crippen LogP contribution in [0.1, 0.15) is 16.1 Å². The number of anilines is 1. The van der Waals surface area contributed by atoms with Gasteiger partial charge < -0.3 is 4.90 Å². The summed E-state index contributed by atoms with van der Waals surface area (Å²) in [5, 5.41) is 0. The van der Waals surface area contributed by atoms with Gasteiger partial charge in [0.1, 0.15) is 0 Å². The summed E-state index contributed by atoms with van der Waals surface area (Å²) in [5.74, 6) is 0.571. The first kappa shape index (κ1) is 11.2. The largest absolute Gasteiger partial charge is 0.338 e. The summed E-state index contributed by atoms with van der Waals surface area (Å²) >= 11 is 0. The zero-order valence-corrected chi connectivity index (χ0v) is 9.45. The van der Waals surface area contributed by atoms with Gasteiger partial charge in [0.2, 0.25) is 5.95 Å². The number of pyridine rings is 1. The monoisotopic (exact) mass is 228 g/mol. The van der Waals surface area contributed by atoms with E-state index in [1.807, 2.05) is 30.1 Å². The lowest BCUT2D eigenvalue weighted by Gasteiger charge is -2.15. The van der Waals surface area contributed by atoms with E-state index in [1.54, 1.807) is 6.20 Å². The van der Waals surface area contributed by atoms with Crippen molar-refractivity contribution in [1.29, 1.82) is 0 Å². The summed E-state index contributed by atoms with van der Waals surface area (Å²) < 4.78 is 0. The number of rotatable bonds is 4. The zero-order valence-electron chi connectivity index (χ0n) is 9.45. The second-order valence-corrected chi connectivity index (χ2v) is 3.61. The lowest BCUT2D eigenvalue weighted by molar-refractivity contribution is 0.112. The molecule has 0 saturated carbocycles. The Labute approximate surface area is 99.2 Å². The molecular weight excluding hydrogens is 216 g/mol. The Morgan fingerprint density at radius 3 is 2.59 bits per heavy atom. The lowest BCUT2D eigenvalue weighted by Crippen LogP contribution is -2.19. The normalized spacial score (nSPS) is 9.94. The van der Waals surface area contributed by atoms with Crippen molar-refractivity contribution < 1.29 is 4.79 Å². The van der Waals surface area contributed by atoms with E-state index in [2.05, 4.69) is 15.0 Å². The smallest absolute Gasteiger partial charge is 0.225 e. The highest BCUT2D eigenvalue weighted by Gasteiger charge is 2.05. The second-order valence-electron chi connectivity index (χ2n) is 3.61. The van der Waals surface area contributed by atoms with E-state index >= 15 is 0 Å². The van der Waals surface area contributed by atoms with E-state index in [0.717, 1.165) is 12.0 Å². The van der Waals surface area contributed by atoms with Gasteiger partial charge in [-0.05, 0) is 12.1 Å². The molecule has 2 aromatic heterocycles. The number of nitrogens with zero attached hydrogens (tertiary/aromatic N) is 4. The summed E-state index contributed by atoms with van der Waals surface area (Å²) in [5.41, 5.74) is 1.41. The molecule has 2 aromatic rings. The van der Waals surface area contributed by atoms with Crippen molar-refractivity contribution in [2.75, 3.05) is 11.9 Å². The minimum Gasteiger partial charge on any atom is -0.338 e. The second kappa shape index (κ2) is 5.16. The maximum atomic E-state index is 10.5.